The maximum absolute atomic E-state index is 9.86. The molecule has 0 fully saturated rings. The number of hydrogen-bond donors (Lipinski definition) is 1. The average molecular weight is 233 g/mol. The minimum Gasteiger partial charge on any atom is -0.389 e. The molecule has 0 spiro atoms. The molecule has 1 aromatic heterocycles. The van der Waals surface area contributed by atoms with Gasteiger partial charge in [-0.1, -0.05) is 0 Å². The fourth-order valence-corrected chi connectivity index (χ4v) is 1.73. The third-order valence-electron chi connectivity index (χ3n) is 2.51. The number of aryl methyl sites for hydroxylation is 1. The summed E-state index contributed by atoms with van der Waals surface area (Å²) in [7, 11) is 0. The second kappa shape index (κ2) is 5.15. The van der Waals surface area contributed by atoms with Crippen molar-refractivity contribution in [2.45, 2.75) is 33.3 Å². The van der Waals surface area contributed by atoms with E-state index in [4.69, 9.17) is 5.26 Å². The summed E-state index contributed by atoms with van der Waals surface area (Å²) in [6.07, 6.45) is 1.69. The normalized spacial score (nSPS) is 11.1. The Morgan fingerprint density at radius 3 is 2.65 bits per heavy atom. The number of aliphatic hydroxyl groups is 1. The van der Waals surface area contributed by atoms with Crippen LogP contribution in [0.2, 0.25) is 0 Å². The van der Waals surface area contributed by atoms with Crippen molar-refractivity contribution in [2.24, 2.45) is 0 Å². The van der Waals surface area contributed by atoms with Crippen molar-refractivity contribution in [1.82, 2.24) is 4.98 Å². The lowest BCUT2D eigenvalue weighted by Crippen LogP contribution is -2.39. The molecule has 0 unspecified atom stereocenters. The first kappa shape index (κ1) is 13.5. The first-order valence-electron chi connectivity index (χ1n) is 5.72. The van der Waals surface area contributed by atoms with Crippen molar-refractivity contribution in [3.8, 4) is 6.07 Å². The third-order valence-corrected chi connectivity index (χ3v) is 2.51. The third kappa shape index (κ3) is 3.43. The molecular weight excluding hydrogens is 214 g/mol. The smallest absolute Gasteiger partial charge is 0.146 e. The molecule has 1 rings (SSSR count). The van der Waals surface area contributed by atoms with E-state index in [-0.39, 0.29) is 0 Å². The molecular formula is C13H19N3O. The van der Waals surface area contributed by atoms with Gasteiger partial charge in [0.25, 0.3) is 0 Å². The maximum Gasteiger partial charge on any atom is 0.146 e. The van der Waals surface area contributed by atoms with Crippen LogP contribution in [0.5, 0.6) is 0 Å². The van der Waals surface area contributed by atoms with Crippen LogP contribution in [0.1, 0.15) is 31.9 Å². The topological polar surface area (TPSA) is 60.1 Å². The van der Waals surface area contributed by atoms with E-state index in [1.807, 2.05) is 24.8 Å². The molecule has 0 radical (unpaired) electrons. The van der Waals surface area contributed by atoms with Crippen molar-refractivity contribution in [3.05, 3.63) is 23.4 Å². The van der Waals surface area contributed by atoms with Gasteiger partial charge in [-0.15, -0.1) is 0 Å². The van der Waals surface area contributed by atoms with Crippen molar-refractivity contribution in [3.63, 3.8) is 0 Å². The Hall–Kier alpha value is -1.60. The molecule has 0 saturated heterocycles. The second-order valence-corrected chi connectivity index (χ2v) is 4.76. The van der Waals surface area contributed by atoms with Crippen LogP contribution in [0.4, 0.5) is 5.82 Å². The molecule has 1 heterocycles. The summed E-state index contributed by atoms with van der Waals surface area (Å²) >= 11 is 0. The highest BCUT2D eigenvalue weighted by Crippen LogP contribution is 2.21. The lowest BCUT2D eigenvalue weighted by Gasteiger charge is -2.29. The summed E-state index contributed by atoms with van der Waals surface area (Å²) in [5.74, 6) is 0.650. The molecule has 92 valence electrons. The van der Waals surface area contributed by atoms with E-state index < -0.39 is 5.60 Å². The van der Waals surface area contributed by atoms with Gasteiger partial charge in [0.05, 0.1) is 11.2 Å². The van der Waals surface area contributed by atoms with Crippen LogP contribution < -0.4 is 4.90 Å². The van der Waals surface area contributed by atoms with Crippen molar-refractivity contribution < 1.29 is 5.11 Å². The van der Waals surface area contributed by atoms with Gasteiger partial charge >= 0.3 is 0 Å². The van der Waals surface area contributed by atoms with Crippen molar-refractivity contribution in [2.75, 3.05) is 18.0 Å². The lowest BCUT2D eigenvalue weighted by atomic mass is 10.1. The van der Waals surface area contributed by atoms with Crippen LogP contribution in [0.3, 0.4) is 0 Å². The van der Waals surface area contributed by atoms with Gasteiger partial charge in [-0.3, -0.25) is 0 Å². The molecule has 0 bridgehead atoms. The molecule has 1 N–H and O–H groups in total. The van der Waals surface area contributed by atoms with E-state index in [0.29, 0.717) is 24.5 Å². The molecule has 0 aromatic carbocycles. The van der Waals surface area contributed by atoms with Gasteiger partial charge < -0.3 is 10.0 Å². The van der Waals surface area contributed by atoms with Gasteiger partial charge in [0, 0.05) is 19.3 Å². The SMILES string of the molecule is CCN(CC(C)(C)O)c1nccc(C)c1C#N. The monoisotopic (exact) mass is 233 g/mol. The number of rotatable bonds is 4. The molecule has 0 saturated carbocycles. The van der Waals surface area contributed by atoms with E-state index in [0.717, 1.165) is 5.56 Å². The summed E-state index contributed by atoms with van der Waals surface area (Å²) in [5, 5.41) is 19.0. The zero-order valence-corrected chi connectivity index (χ0v) is 10.9. The first-order valence-corrected chi connectivity index (χ1v) is 5.72. The molecule has 17 heavy (non-hydrogen) atoms. The van der Waals surface area contributed by atoms with E-state index in [9.17, 15) is 5.11 Å². The Morgan fingerprint density at radius 1 is 1.53 bits per heavy atom. The lowest BCUT2D eigenvalue weighted by molar-refractivity contribution is 0.0874. The molecule has 1 aromatic rings. The predicted octanol–water partition coefficient (Wildman–Crippen LogP) is 1.86. The van der Waals surface area contributed by atoms with Crippen LogP contribution in [-0.2, 0) is 0 Å². The predicted molar refractivity (Wildman–Crippen MR) is 67.9 cm³/mol. The largest absolute Gasteiger partial charge is 0.389 e. The fourth-order valence-electron chi connectivity index (χ4n) is 1.73. The number of anilines is 1. The van der Waals surface area contributed by atoms with Crippen molar-refractivity contribution in [1.29, 1.82) is 5.26 Å². The van der Waals surface area contributed by atoms with Crippen LogP contribution in [0, 0.1) is 18.3 Å². The Kier molecular flexibility index (Phi) is 4.08. The Morgan fingerprint density at radius 2 is 2.18 bits per heavy atom. The summed E-state index contributed by atoms with van der Waals surface area (Å²) in [6, 6.07) is 4.00. The van der Waals surface area contributed by atoms with Gasteiger partial charge in [0.15, 0.2) is 0 Å². The number of nitrogens with zero attached hydrogens (tertiary/aromatic N) is 3. The standard InChI is InChI=1S/C13H19N3O/c1-5-16(9-13(3,4)17)12-11(8-14)10(2)6-7-15-12/h6-7,17H,5,9H2,1-4H3. The minimum atomic E-state index is -0.811. The molecule has 0 aliphatic carbocycles. The van der Waals surface area contributed by atoms with E-state index >= 15 is 0 Å². The molecule has 0 aliphatic rings. The van der Waals surface area contributed by atoms with E-state index in [1.165, 1.54) is 0 Å². The van der Waals surface area contributed by atoms with Crippen molar-refractivity contribution >= 4 is 5.82 Å². The highest BCUT2D eigenvalue weighted by molar-refractivity contribution is 5.57. The minimum absolute atomic E-state index is 0.453. The number of nitriles is 1. The molecule has 0 amide bonds. The highest BCUT2D eigenvalue weighted by atomic mass is 16.3. The summed E-state index contributed by atoms with van der Waals surface area (Å²) in [6.45, 7) is 8.53. The fraction of sp³-hybridized carbons (Fsp3) is 0.538. The van der Waals surface area contributed by atoms with Gasteiger partial charge in [-0.2, -0.15) is 5.26 Å². The molecule has 4 heteroatoms. The second-order valence-electron chi connectivity index (χ2n) is 4.76. The Balaban J connectivity index is 3.13. The summed E-state index contributed by atoms with van der Waals surface area (Å²) < 4.78 is 0. The van der Waals surface area contributed by atoms with Gasteiger partial charge in [0.1, 0.15) is 11.9 Å². The molecule has 4 nitrogen and oxygen atoms in total. The first-order chi connectivity index (χ1) is 7.89. The average Bonchev–Trinajstić information content (AvgIpc) is 2.24. The summed E-state index contributed by atoms with van der Waals surface area (Å²) in [4.78, 5) is 6.18. The Labute approximate surface area is 103 Å². The zero-order valence-electron chi connectivity index (χ0n) is 10.9. The van der Waals surface area contributed by atoms with Crippen LogP contribution in [0.15, 0.2) is 12.3 Å². The quantitative estimate of drug-likeness (QED) is 0.862. The number of aromatic nitrogens is 1. The van der Waals surface area contributed by atoms with Gasteiger partial charge in [-0.25, -0.2) is 4.98 Å². The van der Waals surface area contributed by atoms with Gasteiger partial charge in [-0.05, 0) is 39.3 Å². The van der Waals surface area contributed by atoms with E-state index in [2.05, 4.69) is 11.1 Å². The summed E-state index contributed by atoms with van der Waals surface area (Å²) in [5.41, 5.74) is 0.680. The molecule has 0 aliphatic heterocycles. The van der Waals surface area contributed by atoms with Gasteiger partial charge in [0.2, 0.25) is 0 Å². The van der Waals surface area contributed by atoms with E-state index in [1.54, 1.807) is 20.0 Å². The zero-order chi connectivity index (χ0) is 13.1. The number of pyridine rings is 1. The van der Waals surface area contributed by atoms with Crippen LogP contribution in [-0.4, -0.2) is 28.8 Å². The van der Waals surface area contributed by atoms with Crippen LogP contribution in [0.25, 0.3) is 0 Å². The maximum atomic E-state index is 9.86. The number of hydrogen-bond acceptors (Lipinski definition) is 4. The van der Waals surface area contributed by atoms with Crippen LogP contribution >= 0.6 is 0 Å². The highest BCUT2D eigenvalue weighted by Gasteiger charge is 2.21. The Bertz CT molecular complexity index is 429. The number of likely N-dealkylation sites (N-methyl/N-ethyl adjacent to an activating group) is 1. The molecule has 0 atom stereocenters.